The third kappa shape index (κ3) is 4.04. The lowest BCUT2D eigenvalue weighted by molar-refractivity contribution is 0.102. The third-order valence-corrected chi connectivity index (χ3v) is 5.97. The van der Waals surface area contributed by atoms with Crippen LogP contribution in [0.4, 0.5) is 5.82 Å². The van der Waals surface area contributed by atoms with E-state index in [0.29, 0.717) is 34.5 Å². The third-order valence-electron chi connectivity index (χ3n) is 4.77. The summed E-state index contributed by atoms with van der Waals surface area (Å²) in [7, 11) is 4.76. The molecule has 1 aromatic carbocycles. The molecule has 0 radical (unpaired) electrons. The van der Waals surface area contributed by atoms with E-state index in [4.69, 9.17) is 14.2 Å². The Morgan fingerprint density at radius 1 is 1.06 bits per heavy atom. The van der Waals surface area contributed by atoms with Crippen LogP contribution in [-0.4, -0.2) is 41.7 Å². The van der Waals surface area contributed by atoms with Crippen LogP contribution in [0.2, 0.25) is 0 Å². The fraction of sp³-hybridized carbons (Fsp3) is 0.227. The van der Waals surface area contributed by atoms with E-state index in [1.165, 1.54) is 11.3 Å². The summed E-state index contributed by atoms with van der Waals surface area (Å²) in [5, 5.41) is 8.00. The van der Waals surface area contributed by atoms with E-state index >= 15 is 0 Å². The van der Waals surface area contributed by atoms with Gasteiger partial charge >= 0.3 is 0 Å². The van der Waals surface area contributed by atoms with Gasteiger partial charge in [-0.1, -0.05) is 0 Å². The first-order valence-electron chi connectivity index (χ1n) is 9.52. The highest BCUT2D eigenvalue weighted by atomic mass is 32.1. The molecule has 3 aromatic heterocycles. The Morgan fingerprint density at radius 2 is 1.81 bits per heavy atom. The second-order valence-electron chi connectivity index (χ2n) is 6.74. The minimum atomic E-state index is 0.0470. The SMILES string of the molecule is COc1cc(CNc2ccc3ncc(-c4ccc(C(C)=O)s4)n3n2)cc(OC)c1OC. The predicted octanol–water partition coefficient (Wildman–Crippen LogP) is 4.30. The number of fused-ring (bicyclic) bond motifs is 1. The van der Waals surface area contributed by atoms with E-state index in [-0.39, 0.29) is 5.78 Å². The van der Waals surface area contributed by atoms with Crippen LogP contribution in [-0.2, 0) is 6.54 Å². The number of benzene rings is 1. The first-order valence-corrected chi connectivity index (χ1v) is 10.3. The van der Waals surface area contributed by atoms with Crippen molar-refractivity contribution in [3.8, 4) is 27.8 Å². The number of carbonyl (C=O) groups is 1. The Labute approximate surface area is 183 Å². The molecule has 0 amide bonds. The number of carbonyl (C=O) groups excluding carboxylic acids is 1. The van der Waals surface area contributed by atoms with Gasteiger partial charge in [0.25, 0.3) is 0 Å². The predicted molar refractivity (Wildman–Crippen MR) is 120 cm³/mol. The van der Waals surface area contributed by atoms with Crippen molar-refractivity contribution in [2.45, 2.75) is 13.5 Å². The summed E-state index contributed by atoms with van der Waals surface area (Å²) in [5.41, 5.74) is 2.52. The fourth-order valence-electron chi connectivity index (χ4n) is 3.23. The van der Waals surface area contributed by atoms with Crippen LogP contribution in [0.1, 0.15) is 22.2 Å². The molecule has 3 heterocycles. The number of Topliss-reactive ketones (excluding diaryl/α,β-unsaturated/α-hetero) is 1. The maximum absolute atomic E-state index is 11.6. The number of nitrogens with one attached hydrogen (secondary N) is 1. The number of ketones is 1. The molecule has 31 heavy (non-hydrogen) atoms. The van der Waals surface area contributed by atoms with Gasteiger partial charge in [0, 0.05) is 6.54 Å². The van der Waals surface area contributed by atoms with Crippen LogP contribution >= 0.6 is 11.3 Å². The summed E-state index contributed by atoms with van der Waals surface area (Å²) >= 11 is 1.43. The molecule has 1 N–H and O–H groups in total. The van der Waals surface area contributed by atoms with Gasteiger partial charge in [0.2, 0.25) is 5.75 Å². The average Bonchev–Trinajstić information content (AvgIpc) is 3.43. The number of imidazole rings is 1. The van der Waals surface area contributed by atoms with E-state index in [0.717, 1.165) is 21.8 Å². The van der Waals surface area contributed by atoms with E-state index in [9.17, 15) is 4.79 Å². The molecular formula is C22H22N4O4S. The fourth-order valence-corrected chi connectivity index (χ4v) is 4.13. The van der Waals surface area contributed by atoms with E-state index in [1.807, 2.05) is 36.4 Å². The number of anilines is 1. The molecule has 4 rings (SSSR count). The minimum absolute atomic E-state index is 0.0470. The van der Waals surface area contributed by atoms with Gasteiger partial charge in [-0.25, -0.2) is 9.50 Å². The summed E-state index contributed by atoms with van der Waals surface area (Å²) in [4.78, 5) is 17.7. The number of nitrogens with zero attached hydrogens (tertiary/aromatic N) is 3. The normalized spacial score (nSPS) is 10.8. The lowest BCUT2D eigenvalue weighted by Gasteiger charge is -2.14. The highest BCUT2D eigenvalue weighted by Gasteiger charge is 2.14. The number of aromatic nitrogens is 3. The number of ether oxygens (including phenoxy) is 3. The quantitative estimate of drug-likeness (QED) is 0.411. The lowest BCUT2D eigenvalue weighted by Crippen LogP contribution is -2.05. The molecule has 0 saturated heterocycles. The Kier molecular flexibility index (Phi) is 5.77. The second kappa shape index (κ2) is 8.65. The topological polar surface area (TPSA) is 87.0 Å². The van der Waals surface area contributed by atoms with E-state index < -0.39 is 0 Å². The molecular weight excluding hydrogens is 416 g/mol. The Bertz CT molecular complexity index is 1220. The van der Waals surface area contributed by atoms with Crippen molar-refractivity contribution < 1.29 is 19.0 Å². The first kappa shape index (κ1) is 20.7. The van der Waals surface area contributed by atoms with Gasteiger partial charge in [-0.15, -0.1) is 16.4 Å². The molecule has 0 aliphatic carbocycles. The molecule has 8 nitrogen and oxygen atoms in total. The summed E-state index contributed by atoms with van der Waals surface area (Å²) in [5.74, 6) is 2.47. The van der Waals surface area contributed by atoms with Gasteiger partial charge in [-0.3, -0.25) is 4.79 Å². The zero-order chi connectivity index (χ0) is 22.0. The van der Waals surface area contributed by atoms with Crippen LogP contribution in [0.3, 0.4) is 0 Å². The standard InChI is InChI=1S/C22H22N4O4S/c1-13(27)18-5-6-19(31-18)15-12-24-21-8-7-20(25-26(15)21)23-11-14-9-16(28-2)22(30-4)17(10-14)29-3/h5-10,12H,11H2,1-4H3,(H,23,25). The number of methoxy groups -OCH3 is 3. The lowest BCUT2D eigenvalue weighted by atomic mass is 10.1. The maximum atomic E-state index is 11.6. The number of thiophene rings is 1. The van der Waals surface area contributed by atoms with Crippen molar-refractivity contribution in [2.75, 3.05) is 26.6 Å². The number of rotatable bonds is 8. The average molecular weight is 439 g/mol. The molecule has 9 heteroatoms. The van der Waals surface area contributed by atoms with E-state index in [2.05, 4.69) is 15.4 Å². The zero-order valence-corrected chi connectivity index (χ0v) is 18.4. The van der Waals surface area contributed by atoms with Gasteiger partial charge in [-0.05, 0) is 48.9 Å². The van der Waals surface area contributed by atoms with Gasteiger partial charge in [-0.2, -0.15) is 0 Å². The monoisotopic (exact) mass is 438 g/mol. The summed E-state index contributed by atoms with van der Waals surface area (Å²) in [6.07, 6.45) is 1.76. The number of hydrogen-bond acceptors (Lipinski definition) is 8. The molecule has 0 unspecified atom stereocenters. The van der Waals surface area contributed by atoms with Crippen molar-refractivity contribution in [1.82, 2.24) is 14.6 Å². The molecule has 4 aromatic rings. The van der Waals surface area contributed by atoms with Gasteiger partial charge in [0.1, 0.15) is 11.5 Å². The van der Waals surface area contributed by atoms with Crippen LogP contribution in [0.5, 0.6) is 17.2 Å². The van der Waals surface area contributed by atoms with Crippen LogP contribution < -0.4 is 19.5 Å². The van der Waals surface area contributed by atoms with Gasteiger partial charge < -0.3 is 19.5 Å². The minimum Gasteiger partial charge on any atom is -0.493 e. The van der Waals surface area contributed by atoms with Gasteiger partial charge in [0.15, 0.2) is 22.9 Å². The van der Waals surface area contributed by atoms with Crippen LogP contribution in [0.15, 0.2) is 42.6 Å². The zero-order valence-electron chi connectivity index (χ0n) is 17.6. The van der Waals surface area contributed by atoms with E-state index in [1.54, 1.807) is 39.0 Å². The summed E-state index contributed by atoms with van der Waals surface area (Å²) in [6, 6.07) is 11.3. The maximum Gasteiger partial charge on any atom is 0.203 e. The van der Waals surface area contributed by atoms with Crippen molar-refractivity contribution in [3.63, 3.8) is 0 Å². The highest BCUT2D eigenvalue weighted by molar-refractivity contribution is 7.17. The Balaban J connectivity index is 1.60. The molecule has 0 bridgehead atoms. The molecule has 0 atom stereocenters. The molecule has 0 fully saturated rings. The largest absolute Gasteiger partial charge is 0.493 e. The van der Waals surface area contributed by atoms with Crippen molar-refractivity contribution in [2.24, 2.45) is 0 Å². The summed E-state index contributed by atoms with van der Waals surface area (Å²) in [6.45, 7) is 2.07. The molecule has 0 aliphatic rings. The van der Waals surface area contributed by atoms with Crippen molar-refractivity contribution >= 4 is 28.6 Å². The van der Waals surface area contributed by atoms with Gasteiger partial charge in [0.05, 0.1) is 37.3 Å². The van der Waals surface area contributed by atoms with Crippen molar-refractivity contribution in [3.05, 3.63) is 53.0 Å². The highest BCUT2D eigenvalue weighted by Crippen LogP contribution is 2.38. The molecule has 160 valence electrons. The first-order chi connectivity index (χ1) is 15.0. The molecule has 0 aliphatic heterocycles. The molecule has 0 saturated carbocycles. The smallest absolute Gasteiger partial charge is 0.203 e. The Hall–Kier alpha value is -3.59. The summed E-state index contributed by atoms with van der Waals surface area (Å²) < 4.78 is 18.0. The van der Waals surface area contributed by atoms with Crippen LogP contribution in [0.25, 0.3) is 16.2 Å². The Morgan fingerprint density at radius 3 is 2.42 bits per heavy atom. The second-order valence-corrected chi connectivity index (χ2v) is 7.82. The molecule has 0 spiro atoms. The van der Waals surface area contributed by atoms with Crippen LogP contribution in [0, 0.1) is 0 Å². The van der Waals surface area contributed by atoms with Crippen molar-refractivity contribution in [1.29, 1.82) is 0 Å². The number of hydrogen-bond donors (Lipinski definition) is 1.